The van der Waals surface area contributed by atoms with Gasteiger partial charge in [0.15, 0.2) is 0 Å². The quantitative estimate of drug-likeness (QED) is 0.750. The summed E-state index contributed by atoms with van der Waals surface area (Å²) >= 11 is 0. The number of benzene rings is 1. The predicted molar refractivity (Wildman–Crippen MR) is 90.9 cm³/mol. The van der Waals surface area contributed by atoms with Gasteiger partial charge in [-0.3, -0.25) is 4.99 Å². The van der Waals surface area contributed by atoms with Crippen LogP contribution in [0, 0.1) is 0 Å². The second kappa shape index (κ2) is 4.47. The van der Waals surface area contributed by atoms with Gasteiger partial charge in [-0.1, -0.05) is 26.0 Å². The topological polar surface area (TPSA) is 66.8 Å². The number of hydrogen-bond donors (Lipinski definition) is 1. The van der Waals surface area contributed by atoms with Crippen molar-refractivity contribution < 1.29 is 0 Å². The highest BCUT2D eigenvalue weighted by Gasteiger charge is 2.45. The van der Waals surface area contributed by atoms with E-state index in [1.165, 1.54) is 5.56 Å². The normalized spacial score (nSPS) is 18.5. The second-order valence-corrected chi connectivity index (χ2v) is 7.03. The fourth-order valence-electron chi connectivity index (χ4n) is 3.03. The van der Waals surface area contributed by atoms with Crippen molar-refractivity contribution >= 4 is 16.7 Å². The van der Waals surface area contributed by atoms with Gasteiger partial charge < -0.3 is 4.98 Å². The van der Waals surface area contributed by atoms with Gasteiger partial charge in [0, 0.05) is 11.6 Å². The summed E-state index contributed by atoms with van der Waals surface area (Å²) in [4.78, 5) is 13.0. The molecule has 5 heteroatoms. The van der Waals surface area contributed by atoms with E-state index in [-0.39, 0.29) is 11.0 Å². The summed E-state index contributed by atoms with van der Waals surface area (Å²) in [6.07, 6.45) is 1.96. The lowest BCUT2D eigenvalue weighted by Crippen LogP contribution is -2.46. The van der Waals surface area contributed by atoms with Gasteiger partial charge in [-0.15, -0.1) is 10.2 Å². The van der Waals surface area contributed by atoms with Crippen LogP contribution >= 0.6 is 0 Å². The lowest BCUT2D eigenvalue weighted by atomic mass is 9.67. The van der Waals surface area contributed by atoms with E-state index in [4.69, 9.17) is 4.99 Å². The van der Waals surface area contributed by atoms with Crippen molar-refractivity contribution in [2.45, 2.75) is 38.6 Å². The summed E-state index contributed by atoms with van der Waals surface area (Å²) in [5, 5.41) is 8.60. The first-order valence-electron chi connectivity index (χ1n) is 7.78. The molecule has 23 heavy (non-hydrogen) atoms. The van der Waals surface area contributed by atoms with Crippen LogP contribution in [-0.2, 0) is 5.41 Å². The van der Waals surface area contributed by atoms with Gasteiger partial charge in [0.1, 0.15) is 11.2 Å². The van der Waals surface area contributed by atoms with Crippen molar-refractivity contribution in [1.82, 2.24) is 20.2 Å². The molecule has 1 N–H and O–H groups in total. The zero-order chi connectivity index (χ0) is 16.2. The van der Waals surface area contributed by atoms with Gasteiger partial charge >= 0.3 is 0 Å². The number of H-pyrrole nitrogens is 1. The van der Waals surface area contributed by atoms with Crippen molar-refractivity contribution in [3.63, 3.8) is 0 Å². The Morgan fingerprint density at radius 2 is 1.65 bits per heavy atom. The number of aliphatic imine (C=N–C) groups is 1. The van der Waals surface area contributed by atoms with Crippen molar-refractivity contribution in [2.24, 2.45) is 4.99 Å². The molecular weight excluding hydrogens is 286 g/mol. The zero-order valence-electron chi connectivity index (χ0n) is 13.8. The number of fused-ring (bicyclic) bond motifs is 2. The number of nitrogens with zero attached hydrogens (tertiary/aromatic N) is 4. The van der Waals surface area contributed by atoms with Crippen molar-refractivity contribution in [3.8, 4) is 0 Å². The maximum atomic E-state index is 4.98. The van der Waals surface area contributed by atoms with Gasteiger partial charge in [-0.2, -0.15) is 0 Å². The molecule has 0 saturated carbocycles. The maximum absolute atomic E-state index is 4.98. The van der Waals surface area contributed by atoms with Crippen LogP contribution in [0.4, 0.5) is 0 Å². The smallest absolute Gasteiger partial charge is 0.202 e. The molecule has 1 aromatic carbocycles. The molecule has 5 nitrogen and oxygen atoms in total. The molecule has 0 radical (unpaired) electrons. The minimum atomic E-state index is -0.257. The lowest BCUT2D eigenvalue weighted by molar-refractivity contribution is 0.303. The molecule has 0 saturated heterocycles. The van der Waals surface area contributed by atoms with E-state index in [1.807, 2.05) is 30.5 Å². The molecule has 0 aliphatic carbocycles. The van der Waals surface area contributed by atoms with Crippen LogP contribution in [0.1, 0.15) is 44.8 Å². The fraction of sp³-hybridized carbons (Fsp3) is 0.333. The number of rotatable bonds is 1. The lowest BCUT2D eigenvalue weighted by Gasteiger charge is -2.42. The first-order chi connectivity index (χ1) is 10.9. The van der Waals surface area contributed by atoms with Crippen molar-refractivity contribution in [1.29, 1.82) is 0 Å². The number of hydrogen-bond acceptors (Lipinski definition) is 4. The zero-order valence-corrected chi connectivity index (χ0v) is 13.8. The molecular formula is C18H19N5. The Bertz CT molecular complexity index is 933. The highest BCUT2D eigenvalue weighted by Crippen LogP contribution is 2.43. The summed E-state index contributed by atoms with van der Waals surface area (Å²) in [6, 6.07) is 9.87. The molecule has 3 heterocycles. The molecule has 1 aliphatic heterocycles. The Hall–Kier alpha value is -2.56. The van der Waals surface area contributed by atoms with Crippen LogP contribution in [0.5, 0.6) is 0 Å². The minimum Gasteiger partial charge on any atom is -0.360 e. The predicted octanol–water partition coefficient (Wildman–Crippen LogP) is 3.26. The van der Waals surface area contributed by atoms with E-state index >= 15 is 0 Å². The van der Waals surface area contributed by atoms with E-state index in [0.29, 0.717) is 5.82 Å². The first-order valence-corrected chi connectivity index (χ1v) is 7.78. The summed E-state index contributed by atoms with van der Waals surface area (Å²) in [6.45, 7) is 8.74. The van der Waals surface area contributed by atoms with Gasteiger partial charge in [0.25, 0.3) is 0 Å². The Labute approximate surface area is 134 Å². The Morgan fingerprint density at radius 1 is 0.913 bits per heavy atom. The van der Waals surface area contributed by atoms with Gasteiger partial charge in [-0.25, -0.2) is 4.98 Å². The van der Waals surface area contributed by atoms with Crippen LogP contribution in [-0.4, -0.2) is 31.4 Å². The third-order valence-corrected chi connectivity index (χ3v) is 5.15. The van der Waals surface area contributed by atoms with E-state index in [0.717, 1.165) is 22.4 Å². The van der Waals surface area contributed by atoms with E-state index in [2.05, 4.69) is 53.9 Å². The molecule has 0 fully saturated rings. The highest BCUT2D eigenvalue weighted by molar-refractivity contribution is 6.12. The Kier molecular flexibility index (Phi) is 2.73. The van der Waals surface area contributed by atoms with Crippen LogP contribution in [0.25, 0.3) is 11.0 Å². The van der Waals surface area contributed by atoms with Crippen molar-refractivity contribution in [2.75, 3.05) is 0 Å². The van der Waals surface area contributed by atoms with Crippen LogP contribution < -0.4 is 0 Å². The molecule has 4 rings (SSSR count). The van der Waals surface area contributed by atoms with E-state index in [1.54, 1.807) is 0 Å². The summed E-state index contributed by atoms with van der Waals surface area (Å²) in [5.41, 5.74) is 4.31. The number of nitrogens with one attached hydrogen (secondary N) is 1. The molecule has 0 spiro atoms. The third-order valence-electron chi connectivity index (χ3n) is 5.15. The van der Waals surface area contributed by atoms with Crippen molar-refractivity contribution in [3.05, 3.63) is 53.6 Å². The molecule has 1 aliphatic rings. The summed E-state index contributed by atoms with van der Waals surface area (Å²) < 4.78 is 0. The van der Waals surface area contributed by atoms with Gasteiger partial charge in [0.2, 0.25) is 5.82 Å². The Balaban J connectivity index is 1.95. The monoisotopic (exact) mass is 305 g/mol. The Morgan fingerprint density at radius 3 is 2.43 bits per heavy atom. The average Bonchev–Trinajstić information content (AvgIpc) is 3.01. The SMILES string of the molecule is CC1(C)N=C(c2nnc3ccccc3n2)c2[nH]ccc2C1(C)C. The molecule has 0 atom stereocenters. The molecule has 0 unspecified atom stereocenters. The standard InChI is InChI=1S/C18H19N5/c1-17(2)11-9-10-19-14(11)15(21-18(17,3)4)16-20-12-7-5-6-8-13(12)22-23-16/h5-10,19H,1-4H3. The average molecular weight is 305 g/mol. The minimum absolute atomic E-state index is 0.0733. The largest absolute Gasteiger partial charge is 0.360 e. The maximum Gasteiger partial charge on any atom is 0.202 e. The second-order valence-electron chi connectivity index (χ2n) is 7.03. The molecule has 2 aromatic heterocycles. The highest BCUT2D eigenvalue weighted by atomic mass is 15.2. The molecule has 0 bridgehead atoms. The molecule has 3 aromatic rings. The summed E-state index contributed by atoms with van der Waals surface area (Å²) in [7, 11) is 0. The third kappa shape index (κ3) is 1.92. The van der Waals surface area contributed by atoms with E-state index < -0.39 is 0 Å². The number of para-hydroxylation sites is 1. The van der Waals surface area contributed by atoms with Crippen LogP contribution in [0.15, 0.2) is 41.5 Å². The number of aromatic amines is 1. The van der Waals surface area contributed by atoms with Gasteiger partial charge in [0.05, 0.1) is 16.7 Å². The summed E-state index contributed by atoms with van der Waals surface area (Å²) in [5.74, 6) is 0.566. The molecule has 116 valence electrons. The van der Waals surface area contributed by atoms with Crippen LogP contribution in [0.3, 0.4) is 0 Å². The first kappa shape index (κ1) is 14.1. The fourth-order valence-corrected chi connectivity index (χ4v) is 3.03. The van der Waals surface area contributed by atoms with Gasteiger partial charge in [-0.05, 0) is 37.6 Å². The molecule has 0 amide bonds. The van der Waals surface area contributed by atoms with E-state index in [9.17, 15) is 0 Å². The number of aromatic nitrogens is 4. The van der Waals surface area contributed by atoms with Crippen LogP contribution in [0.2, 0.25) is 0 Å².